The summed E-state index contributed by atoms with van der Waals surface area (Å²) < 4.78 is 2.60. The smallest absolute Gasteiger partial charge is 0.234 e. The molecule has 7 nitrogen and oxygen atoms in total. The highest BCUT2D eigenvalue weighted by Crippen LogP contribution is 2.20. The number of halogens is 1. The molecule has 3 heterocycles. The second-order valence-electron chi connectivity index (χ2n) is 5.56. The Morgan fingerprint density at radius 1 is 1.11 bits per heavy atom. The number of rotatable bonds is 5. The fraction of sp³-hybridized carbons (Fsp3) is 0.0556. The maximum Gasteiger partial charge on any atom is 0.234 e. The van der Waals surface area contributed by atoms with Crippen molar-refractivity contribution in [2.45, 2.75) is 5.16 Å². The summed E-state index contributed by atoms with van der Waals surface area (Å²) in [5, 5.41) is 16.2. The Morgan fingerprint density at radius 2 is 1.96 bits per heavy atom. The molecule has 134 valence electrons. The van der Waals surface area contributed by atoms with Crippen molar-refractivity contribution in [3.05, 3.63) is 65.4 Å². The van der Waals surface area contributed by atoms with E-state index in [4.69, 9.17) is 0 Å². The van der Waals surface area contributed by atoms with Crippen molar-refractivity contribution >= 4 is 44.9 Å². The first kappa shape index (κ1) is 17.6. The Hall–Kier alpha value is -2.78. The number of anilines is 1. The quantitative estimate of drug-likeness (QED) is 0.476. The summed E-state index contributed by atoms with van der Waals surface area (Å²) in [5.41, 5.74) is 3.03. The predicted molar refractivity (Wildman–Crippen MR) is 108 cm³/mol. The van der Waals surface area contributed by atoms with Crippen LogP contribution < -0.4 is 5.32 Å². The molecule has 0 aliphatic heterocycles. The third-order valence-corrected chi connectivity index (χ3v) is 5.10. The van der Waals surface area contributed by atoms with Crippen LogP contribution in [0.2, 0.25) is 0 Å². The van der Waals surface area contributed by atoms with Gasteiger partial charge < -0.3 is 5.32 Å². The predicted octanol–water partition coefficient (Wildman–Crippen LogP) is 3.68. The molecule has 0 aliphatic carbocycles. The zero-order chi connectivity index (χ0) is 18.6. The summed E-state index contributed by atoms with van der Waals surface area (Å²) in [6, 6.07) is 14.9. The van der Waals surface area contributed by atoms with Gasteiger partial charge in [-0.25, -0.2) is 0 Å². The van der Waals surface area contributed by atoms with Gasteiger partial charge >= 0.3 is 0 Å². The van der Waals surface area contributed by atoms with Gasteiger partial charge in [0, 0.05) is 28.1 Å². The van der Waals surface area contributed by atoms with Gasteiger partial charge in [0.15, 0.2) is 5.65 Å². The van der Waals surface area contributed by atoms with Crippen molar-refractivity contribution in [1.82, 2.24) is 24.8 Å². The van der Waals surface area contributed by atoms with E-state index >= 15 is 0 Å². The SMILES string of the molecule is O=C(CSc1nnc2ccc(-c3cccnc3)nn12)Nc1ccc(Br)cc1. The Labute approximate surface area is 167 Å². The molecular weight excluding hydrogens is 428 g/mol. The molecule has 1 aromatic carbocycles. The number of nitrogens with zero attached hydrogens (tertiary/aromatic N) is 5. The van der Waals surface area contributed by atoms with Gasteiger partial charge in [0.05, 0.1) is 11.4 Å². The number of benzene rings is 1. The molecule has 1 amide bonds. The first-order chi connectivity index (χ1) is 13.2. The van der Waals surface area contributed by atoms with Crippen molar-refractivity contribution in [3.8, 4) is 11.3 Å². The third-order valence-electron chi connectivity index (χ3n) is 3.65. The molecule has 0 saturated heterocycles. The molecule has 27 heavy (non-hydrogen) atoms. The summed E-state index contributed by atoms with van der Waals surface area (Å²) in [4.78, 5) is 16.3. The average molecular weight is 441 g/mol. The lowest BCUT2D eigenvalue weighted by molar-refractivity contribution is -0.113. The summed E-state index contributed by atoms with van der Waals surface area (Å²) in [5.74, 6) is 0.0813. The molecule has 0 bridgehead atoms. The monoisotopic (exact) mass is 440 g/mol. The van der Waals surface area contributed by atoms with Gasteiger partial charge in [0.2, 0.25) is 11.1 Å². The summed E-state index contributed by atoms with van der Waals surface area (Å²) in [6.45, 7) is 0. The van der Waals surface area contributed by atoms with Crippen LogP contribution in [0.15, 0.2) is 70.6 Å². The van der Waals surface area contributed by atoms with E-state index in [9.17, 15) is 4.79 Å². The highest BCUT2D eigenvalue weighted by atomic mass is 79.9. The minimum atomic E-state index is -0.123. The number of thioether (sulfide) groups is 1. The first-order valence-electron chi connectivity index (χ1n) is 8.00. The van der Waals surface area contributed by atoms with Crippen molar-refractivity contribution in [3.63, 3.8) is 0 Å². The molecule has 0 unspecified atom stereocenters. The Morgan fingerprint density at radius 3 is 2.74 bits per heavy atom. The normalized spacial score (nSPS) is 10.9. The molecular formula is C18H13BrN6OS. The van der Waals surface area contributed by atoms with E-state index in [1.807, 2.05) is 48.5 Å². The fourth-order valence-corrected chi connectivity index (χ4v) is 3.34. The summed E-state index contributed by atoms with van der Waals surface area (Å²) in [7, 11) is 0. The van der Waals surface area contributed by atoms with E-state index in [-0.39, 0.29) is 11.7 Å². The van der Waals surface area contributed by atoms with Gasteiger partial charge in [-0.15, -0.1) is 10.2 Å². The van der Waals surface area contributed by atoms with E-state index in [0.717, 1.165) is 21.4 Å². The number of aromatic nitrogens is 5. The number of carbonyl (C=O) groups is 1. The Kier molecular flexibility index (Phi) is 5.12. The van der Waals surface area contributed by atoms with Crippen LogP contribution in [-0.2, 0) is 4.79 Å². The van der Waals surface area contributed by atoms with E-state index in [1.165, 1.54) is 11.8 Å². The minimum Gasteiger partial charge on any atom is -0.325 e. The molecule has 0 atom stereocenters. The molecule has 0 aliphatic rings. The van der Waals surface area contributed by atoms with Crippen LogP contribution in [0.4, 0.5) is 5.69 Å². The van der Waals surface area contributed by atoms with Gasteiger partial charge in [-0.1, -0.05) is 27.7 Å². The van der Waals surface area contributed by atoms with Crippen LogP contribution in [0.3, 0.4) is 0 Å². The number of pyridine rings is 1. The lowest BCUT2D eigenvalue weighted by Crippen LogP contribution is -2.14. The van der Waals surface area contributed by atoms with Gasteiger partial charge in [-0.2, -0.15) is 9.61 Å². The molecule has 9 heteroatoms. The van der Waals surface area contributed by atoms with Crippen LogP contribution in [0.5, 0.6) is 0 Å². The van der Waals surface area contributed by atoms with Crippen LogP contribution in [0.1, 0.15) is 0 Å². The fourth-order valence-electron chi connectivity index (χ4n) is 2.39. The topological polar surface area (TPSA) is 85.1 Å². The average Bonchev–Trinajstić information content (AvgIpc) is 3.11. The van der Waals surface area contributed by atoms with Crippen LogP contribution >= 0.6 is 27.7 Å². The van der Waals surface area contributed by atoms with Gasteiger partial charge in [0.25, 0.3) is 0 Å². The number of hydrogen-bond donors (Lipinski definition) is 1. The molecule has 4 rings (SSSR count). The lowest BCUT2D eigenvalue weighted by atomic mass is 10.2. The maximum absolute atomic E-state index is 12.2. The van der Waals surface area contributed by atoms with Crippen LogP contribution in [-0.4, -0.2) is 36.5 Å². The third kappa shape index (κ3) is 4.15. The highest BCUT2D eigenvalue weighted by molar-refractivity contribution is 9.10. The molecule has 1 N–H and O–H groups in total. The highest BCUT2D eigenvalue weighted by Gasteiger charge is 2.12. The lowest BCUT2D eigenvalue weighted by Gasteiger charge is -2.05. The van der Waals surface area contributed by atoms with Crippen molar-refractivity contribution < 1.29 is 4.79 Å². The van der Waals surface area contributed by atoms with Gasteiger partial charge in [-0.3, -0.25) is 9.78 Å². The molecule has 4 aromatic rings. The number of nitrogens with one attached hydrogen (secondary N) is 1. The maximum atomic E-state index is 12.2. The van der Waals surface area contributed by atoms with Gasteiger partial charge in [0.1, 0.15) is 0 Å². The molecule has 0 spiro atoms. The van der Waals surface area contributed by atoms with E-state index in [2.05, 4.69) is 41.5 Å². The zero-order valence-electron chi connectivity index (χ0n) is 13.9. The van der Waals surface area contributed by atoms with E-state index in [1.54, 1.807) is 16.9 Å². The van der Waals surface area contributed by atoms with Crippen molar-refractivity contribution in [2.24, 2.45) is 0 Å². The van der Waals surface area contributed by atoms with Crippen molar-refractivity contribution in [1.29, 1.82) is 0 Å². The van der Waals surface area contributed by atoms with Crippen LogP contribution in [0.25, 0.3) is 16.9 Å². The largest absolute Gasteiger partial charge is 0.325 e. The van der Waals surface area contributed by atoms with E-state index in [0.29, 0.717) is 10.8 Å². The van der Waals surface area contributed by atoms with E-state index < -0.39 is 0 Å². The molecule has 3 aromatic heterocycles. The zero-order valence-corrected chi connectivity index (χ0v) is 16.3. The molecule has 0 saturated carbocycles. The Balaban J connectivity index is 1.48. The molecule has 0 fully saturated rings. The van der Waals surface area contributed by atoms with Crippen molar-refractivity contribution in [2.75, 3.05) is 11.1 Å². The number of fused-ring (bicyclic) bond motifs is 1. The number of hydrogen-bond acceptors (Lipinski definition) is 6. The summed E-state index contributed by atoms with van der Waals surface area (Å²) in [6.07, 6.45) is 3.46. The Bertz CT molecular complexity index is 1080. The minimum absolute atomic E-state index is 0.123. The first-order valence-corrected chi connectivity index (χ1v) is 9.78. The molecule has 0 radical (unpaired) electrons. The second kappa shape index (κ2) is 7.85. The summed E-state index contributed by atoms with van der Waals surface area (Å²) >= 11 is 4.65. The standard InChI is InChI=1S/C18H13BrN6OS/c19-13-3-5-14(6-4-13)21-17(26)11-27-18-23-22-16-8-7-15(24-25(16)18)12-2-1-9-20-10-12/h1-10H,11H2,(H,21,26). The van der Waals surface area contributed by atoms with Gasteiger partial charge in [-0.05, 0) is 48.5 Å². The number of amides is 1. The van der Waals surface area contributed by atoms with Crippen LogP contribution in [0, 0.1) is 0 Å². The second-order valence-corrected chi connectivity index (χ2v) is 7.41. The number of carbonyl (C=O) groups excluding carboxylic acids is 1.